The molecule has 0 aliphatic rings. The van der Waals surface area contributed by atoms with Crippen LogP contribution >= 0.6 is 15.9 Å². The van der Waals surface area contributed by atoms with Gasteiger partial charge < -0.3 is 9.40 Å². The summed E-state index contributed by atoms with van der Waals surface area (Å²) in [5, 5.41) is 12.4. The van der Waals surface area contributed by atoms with E-state index in [0.717, 1.165) is 15.4 Å². The number of carbonyl (C=O) groups excluding carboxylic acids is 1. The zero-order valence-corrected chi connectivity index (χ0v) is 14.6. The summed E-state index contributed by atoms with van der Waals surface area (Å²) in [4.78, 5) is 26.4. The molecule has 7 heteroatoms. The highest BCUT2D eigenvalue weighted by molar-refractivity contribution is 9.10. The molecule has 2 heterocycles. The molecule has 0 fully saturated rings. The standard InChI is InChI=1S/C18H11BrN2O4/c1-9-13-8-12(21(23)24)3-5-16(13)25-18(9)17(22)15-7-10-6-11(19)2-4-14(10)20-15/h2-8,20H,1H3. The zero-order valence-electron chi connectivity index (χ0n) is 13.0. The van der Waals surface area contributed by atoms with Crippen molar-refractivity contribution in [1.29, 1.82) is 0 Å². The summed E-state index contributed by atoms with van der Waals surface area (Å²) in [5.41, 5.74) is 2.25. The number of aryl methyl sites for hydroxylation is 1. The maximum Gasteiger partial charge on any atom is 0.270 e. The van der Waals surface area contributed by atoms with Gasteiger partial charge in [-0.1, -0.05) is 15.9 Å². The van der Waals surface area contributed by atoms with Gasteiger partial charge in [0.15, 0.2) is 5.76 Å². The average molecular weight is 399 g/mol. The number of hydrogen-bond acceptors (Lipinski definition) is 4. The molecule has 0 bridgehead atoms. The third kappa shape index (κ3) is 2.53. The SMILES string of the molecule is Cc1c(C(=O)c2cc3cc(Br)ccc3[nH]2)oc2ccc([N+](=O)[O-])cc12. The van der Waals surface area contributed by atoms with Crippen molar-refractivity contribution in [2.45, 2.75) is 6.92 Å². The van der Waals surface area contributed by atoms with Crippen LogP contribution in [0.4, 0.5) is 5.69 Å². The van der Waals surface area contributed by atoms with Gasteiger partial charge in [0.2, 0.25) is 5.78 Å². The van der Waals surface area contributed by atoms with Crippen molar-refractivity contribution >= 4 is 49.3 Å². The summed E-state index contributed by atoms with van der Waals surface area (Å²) >= 11 is 3.40. The second-order valence-corrected chi connectivity index (χ2v) is 6.65. The van der Waals surface area contributed by atoms with Gasteiger partial charge in [-0.15, -0.1) is 0 Å². The summed E-state index contributed by atoms with van der Waals surface area (Å²) in [5.74, 6) is -0.107. The highest BCUT2D eigenvalue weighted by Crippen LogP contribution is 2.30. The van der Waals surface area contributed by atoms with Crippen molar-refractivity contribution in [2.75, 3.05) is 0 Å². The van der Waals surface area contributed by atoms with Gasteiger partial charge in [0.1, 0.15) is 5.58 Å². The smallest absolute Gasteiger partial charge is 0.270 e. The van der Waals surface area contributed by atoms with Crippen molar-refractivity contribution in [3.05, 3.63) is 74.1 Å². The molecular formula is C18H11BrN2O4. The first-order valence-corrected chi connectivity index (χ1v) is 8.24. The van der Waals surface area contributed by atoms with Crippen molar-refractivity contribution in [3.63, 3.8) is 0 Å². The fourth-order valence-corrected chi connectivity index (χ4v) is 3.27. The lowest BCUT2D eigenvalue weighted by atomic mass is 10.1. The molecule has 25 heavy (non-hydrogen) atoms. The summed E-state index contributed by atoms with van der Waals surface area (Å²) in [6.45, 7) is 1.72. The van der Waals surface area contributed by atoms with Crippen LogP contribution in [0.5, 0.6) is 0 Å². The van der Waals surface area contributed by atoms with Crippen LogP contribution in [0, 0.1) is 17.0 Å². The number of nitrogens with one attached hydrogen (secondary N) is 1. The zero-order chi connectivity index (χ0) is 17.7. The van der Waals surface area contributed by atoms with Crippen LogP contribution in [0.2, 0.25) is 0 Å². The number of fused-ring (bicyclic) bond motifs is 2. The van der Waals surface area contributed by atoms with E-state index in [2.05, 4.69) is 20.9 Å². The van der Waals surface area contributed by atoms with Crippen molar-refractivity contribution in [3.8, 4) is 0 Å². The third-order valence-corrected chi connectivity index (χ3v) is 4.66. The Morgan fingerprint density at radius 2 is 2.00 bits per heavy atom. The normalized spacial score (nSPS) is 11.3. The van der Waals surface area contributed by atoms with E-state index in [1.807, 2.05) is 18.2 Å². The number of halogens is 1. The number of ketones is 1. The van der Waals surface area contributed by atoms with Crippen LogP contribution in [0.15, 0.2) is 51.4 Å². The Labute approximate surface area is 149 Å². The van der Waals surface area contributed by atoms with Gasteiger partial charge in [0, 0.05) is 38.5 Å². The number of aromatic amines is 1. The molecule has 0 saturated heterocycles. The number of furan rings is 1. The molecule has 0 amide bonds. The molecule has 0 saturated carbocycles. The average Bonchev–Trinajstić information content (AvgIpc) is 3.15. The Morgan fingerprint density at radius 3 is 2.76 bits per heavy atom. The molecular weight excluding hydrogens is 388 g/mol. The van der Waals surface area contributed by atoms with Gasteiger partial charge in [0.25, 0.3) is 5.69 Å². The summed E-state index contributed by atoms with van der Waals surface area (Å²) < 4.78 is 6.59. The fraction of sp³-hybridized carbons (Fsp3) is 0.0556. The molecule has 0 radical (unpaired) electrons. The Balaban J connectivity index is 1.83. The molecule has 2 aromatic carbocycles. The highest BCUT2D eigenvalue weighted by Gasteiger charge is 2.22. The van der Waals surface area contributed by atoms with Crippen LogP contribution < -0.4 is 0 Å². The van der Waals surface area contributed by atoms with Gasteiger partial charge in [-0.05, 0) is 37.3 Å². The van der Waals surface area contributed by atoms with Crippen LogP contribution in [0.25, 0.3) is 21.9 Å². The Kier molecular flexibility index (Phi) is 3.47. The van der Waals surface area contributed by atoms with Gasteiger partial charge >= 0.3 is 0 Å². The molecule has 0 aliphatic carbocycles. The predicted octanol–water partition coefficient (Wildman–Crippen LogP) is 5.12. The molecule has 1 N–H and O–H groups in total. The quantitative estimate of drug-likeness (QED) is 0.294. The minimum absolute atomic E-state index is 0.0362. The minimum atomic E-state index is -0.469. The van der Waals surface area contributed by atoms with Gasteiger partial charge in [-0.25, -0.2) is 0 Å². The first-order chi connectivity index (χ1) is 11.9. The van der Waals surface area contributed by atoms with E-state index in [1.54, 1.807) is 13.0 Å². The van der Waals surface area contributed by atoms with E-state index in [-0.39, 0.29) is 17.2 Å². The van der Waals surface area contributed by atoms with Gasteiger partial charge in [-0.3, -0.25) is 14.9 Å². The van der Waals surface area contributed by atoms with E-state index in [0.29, 0.717) is 22.2 Å². The topological polar surface area (TPSA) is 89.1 Å². The molecule has 0 unspecified atom stereocenters. The molecule has 0 aliphatic heterocycles. The van der Waals surface area contributed by atoms with Gasteiger partial charge in [0.05, 0.1) is 10.6 Å². The number of nitrogens with zero attached hydrogens (tertiary/aromatic N) is 1. The summed E-state index contributed by atoms with van der Waals surface area (Å²) in [7, 11) is 0. The van der Waals surface area contributed by atoms with E-state index >= 15 is 0 Å². The van der Waals surface area contributed by atoms with Crippen LogP contribution in [0.1, 0.15) is 21.8 Å². The maximum atomic E-state index is 12.8. The lowest BCUT2D eigenvalue weighted by Gasteiger charge is -1.95. The lowest BCUT2D eigenvalue weighted by Crippen LogP contribution is -2.01. The predicted molar refractivity (Wildman–Crippen MR) is 97.0 cm³/mol. The van der Waals surface area contributed by atoms with Crippen molar-refractivity contribution < 1.29 is 14.1 Å². The number of non-ortho nitro benzene ring substituents is 1. The molecule has 4 rings (SSSR count). The Morgan fingerprint density at radius 1 is 1.20 bits per heavy atom. The molecule has 0 atom stereocenters. The number of carbonyl (C=O) groups is 1. The second-order valence-electron chi connectivity index (χ2n) is 5.74. The number of hydrogen-bond donors (Lipinski definition) is 1. The minimum Gasteiger partial charge on any atom is -0.452 e. The Hall–Kier alpha value is -2.93. The number of rotatable bonds is 3. The third-order valence-electron chi connectivity index (χ3n) is 4.16. The monoisotopic (exact) mass is 398 g/mol. The first kappa shape index (κ1) is 15.6. The Bertz CT molecular complexity index is 1170. The van der Waals surface area contributed by atoms with E-state index in [9.17, 15) is 14.9 Å². The number of aromatic nitrogens is 1. The molecule has 4 aromatic rings. The largest absolute Gasteiger partial charge is 0.452 e. The highest BCUT2D eigenvalue weighted by atomic mass is 79.9. The molecule has 0 spiro atoms. The van der Waals surface area contributed by atoms with Crippen molar-refractivity contribution in [2.24, 2.45) is 0 Å². The number of H-pyrrole nitrogens is 1. The number of nitro benzene ring substituents is 1. The molecule has 6 nitrogen and oxygen atoms in total. The van der Waals surface area contributed by atoms with E-state index in [4.69, 9.17) is 4.42 Å². The number of nitro groups is 1. The summed E-state index contributed by atoms with van der Waals surface area (Å²) in [6.07, 6.45) is 0. The maximum absolute atomic E-state index is 12.8. The lowest BCUT2D eigenvalue weighted by molar-refractivity contribution is -0.384. The van der Waals surface area contributed by atoms with Gasteiger partial charge in [-0.2, -0.15) is 0 Å². The summed E-state index contributed by atoms with van der Waals surface area (Å²) in [6, 6.07) is 11.7. The van der Waals surface area contributed by atoms with Crippen LogP contribution in [0.3, 0.4) is 0 Å². The molecule has 124 valence electrons. The van der Waals surface area contributed by atoms with Crippen LogP contribution in [-0.4, -0.2) is 15.7 Å². The van der Waals surface area contributed by atoms with E-state index < -0.39 is 4.92 Å². The number of benzene rings is 2. The van der Waals surface area contributed by atoms with Crippen LogP contribution in [-0.2, 0) is 0 Å². The second kappa shape index (κ2) is 5.56. The first-order valence-electron chi connectivity index (χ1n) is 7.44. The van der Waals surface area contributed by atoms with E-state index in [1.165, 1.54) is 18.2 Å². The fourth-order valence-electron chi connectivity index (χ4n) is 2.89. The molecule has 2 aromatic heterocycles. The van der Waals surface area contributed by atoms with Crippen molar-refractivity contribution in [1.82, 2.24) is 4.98 Å².